The van der Waals surface area contributed by atoms with Gasteiger partial charge in [0, 0.05) is 23.7 Å². The molecule has 146 valence electrons. The summed E-state index contributed by atoms with van der Waals surface area (Å²) in [5.74, 6) is 0.0619. The van der Waals surface area contributed by atoms with Gasteiger partial charge in [0.05, 0.1) is 0 Å². The smallest absolute Gasteiger partial charge is 0.255 e. The third-order valence-electron chi connectivity index (χ3n) is 3.62. The quantitative estimate of drug-likeness (QED) is 0.574. The van der Waals surface area contributed by atoms with Gasteiger partial charge in [0.2, 0.25) is 0 Å². The molecule has 4 rings (SSSR count). The van der Waals surface area contributed by atoms with Crippen LogP contribution < -0.4 is 10.9 Å². The summed E-state index contributed by atoms with van der Waals surface area (Å²) in [5, 5.41) is 4.53. The van der Waals surface area contributed by atoms with Crippen LogP contribution in [0.15, 0.2) is 65.6 Å². The molecule has 1 aromatic heterocycles. The molecule has 4 nitrogen and oxygen atoms in total. The number of amides is 1. The molecule has 0 saturated heterocycles. The molecule has 2 N–H and O–H groups in total. The van der Waals surface area contributed by atoms with Gasteiger partial charge in [-0.2, -0.15) is 0 Å². The molecular formula is C23H32N2O2. The van der Waals surface area contributed by atoms with E-state index in [0.717, 1.165) is 34.9 Å². The molecule has 0 saturated carbocycles. The van der Waals surface area contributed by atoms with E-state index >= 15 is 0 Å². The minimum atomic E-state index is -0.0249. The second-order valence-electron chi connectivity index (χ2n) is 5.06. The van der Waals surface area contributed by atoms with Crippen molar-refractivity contribution in [2.45, 2.75) is 41.5 Å². The number of nitrogens with one attached hydrogen (secondary N) is 2. The Morgan fingerprint density at radius 1 is 0.815 bits per heavy atom. The van der Waals surface area contributed by atoms with Gasteiger partial charge in [-0.1, -0.05) is 71.5 Å². The lowest BCUT2D eigenvalue weighted by Gasteiger charge is -2.15. The Labute approximate surface area is 162 Å². The number of aromatic nitrogens is 1. The first-order valence-electron chi connectivity index (χ1n) is 9.18. The summed E-state index contributed by atoms with van der Waals surface area (Å²) in [6, 6.07) is 17.1. The van der Waals surface area contributed by atoms with E-state index in [-0.39, 0.29) is 18.9 Å². The number of hydrogen-bond acceptors (Lipinski definition) is 2. The van der Waals surface area contributed by atoms with E-state index in [0.29, 0.717) is 0 Å². The monoisotopic (exact) mass is 368 g/mol. The average Bonchev–Trinajstić information content (AvgIpc) is 2.72. The van der Waals surface area contributed by atoms with Crippen LogP contribution in [0.4, 0.5) is 0 Å². The largest absolute Gasteiger partial charge is 0.352 e. The van der Waals surface area contributed by atoms with Crippen LogP contribution in [0.25, 0.3) is 10.8 Å². The molecule has 2 aromatic carbocycles. The van der Waals surface area contributed by atoms with E-state index in [1.165, 1.54) is 0 Å². The van der Waals surface area contributed by atoms with E-state index < -0.39 is 0 Å². The van der Waals surface area contributed by atoms with Gasteiger partial charge in [-0.15, -0.1) is 0 Å². The van der Waals surface area contributed by atoms with Crippen molar-refractivity contribution >= 4 is 16.7 Å². The Bertz CT molecular complexity index is 864. The fourth-order valence-electron chi connectivity index (χ4n) is 2.50. The number of H-pyrrole nitrogens is 1. The zero-order valence-corrected chi connectivity index (χ0v) is 16.0. The standard InChI is InChI=1S/C9H9NO.C9H7NO.2C2H6.CH4/c2*11-9-8-4-2-1-3-7(8)5-6-10-9;2*1-2;/h1-4H,5-6H2,(H,10,11);1-6H,(H,10,11);2*1-2H3;1H4. The fourth-order valence-corrected chi connectivity index (χ4v) is 2.50. The van der Waals surface area contributed by atoms with E-state index in [1.54, 1.807) is 6.20 Å². The minimum Gasteiger partial charge on any atom is -0.352 e. The third-order valence-corrected chi connectivity index (χ3v) is 3.62. The van der Waals surface area contributed by atoms with E-state index in [1.807, 2.05) is 82.3 Å². The number of aromatic amines is 1. The molecular weight excluding hydrogens is 336 g/mol. The summed E-state index contributed by atoms with van der Waals surface area (Å²) in [4.78, 5) is 24.9. The third kappa shape index (κ3) is 6.74. The number of carbonyl (C=O) groups excluding carboxylic acids is 1. The number of hydrogen-bond donors (Lipinski definition) is 2. The summed E-state index contributed by atoms with van der Waals surface area (Å²) >= 11 is 0. The van der Waals surface area contributed by atoms with Crippen molar-refractivity contribution in [3.63, 3.8) is 0 Å². The highest BCUT2D eigenvalue weighted by Crippen LogP contribution is 2.12. The molecule has 27 heavy (non-hydrogen) atoms. The molecule has 1 aliphatic heterocycles. The first-order chi connectivity index (χ1) is 12.8. The van der Waals surface area contributed by atoms with Crippen molar-refractivity contribution in [3.05, 3.63) is 82.3 Å². The van der Waals surface area contributed by atoms with Crippen molar-refractivity contribution in [3.8, 4) is 0 Å². The molecule has 0 aliphatic carbocycles. The second kappa shape index (κ2) is 13.3. The molecule has 3 aromatic rings. The van der Waals surface area contributed by atoms with Crippen molar-refractivity contribution in [2.75, 3.05) is 6.54 Å². The number of pyridine rings is 1. The van der Waals surface area contributed by atoms with Crippen LogP contribution in [0, 0.1) is 0 Å². The zero-order valence-electron chi connectivity index (χ0n) is 16.0. The number of benzene rings is 2. The molecule has 1 aliphatic rings. The maximum atomic E-state index is 11.2. The highest BCUT2D eigenvalue weighted by Gasteiger charge is 2.14. The van der Waals surface area contributed by atoms with Gasteiger partial charge in [0.1, 0.15) is 0 Å². The second-order valence-corrected chi connectivity index (χ2v) is 5.06. The first-order valence-corrected chi connectivity index (χ1v) is 9.18. The maximum Gasteiger partial charge on any atom is 0.255 e. The Balaban J connectivity index is 0.000000411. The van der Waals surface area contributed by atoms with Crippen LogP contribution in [-0.2, 0) is 6.42 Å². The molecule has 2 heterocycles. The lowest BCUT2D eigenvalue weighted by molar-refractivity contribution is 0.0946. The Kier molecular flexibility index (Phi) is 11.9. The molecule has 0 radical (unpaired) electrons. The zero-order chi connectivity index (χ0) is 19.4. The summed E-state index contributed by atoms with van der Waals surface area (Å²) in [5.41, 5.74) is 1.97. The van der Waals surface area contributed by atoms with Crippen LogP contribution in [0.2, 0.25) is 0 Å². The maximum absolute atomic E-state index is 11.2. The van der Waals surface area contributed by atoms with Crippen LogP contribution in [0.3, 0.4) is 0 Å². The Hall–Kier alpha value is -2.88. The van der Waals surface area contributed by atoms with Gasteiger partial charge in [-0.3, -0.25) is 9.59 Å². The van der Waals surface area contributed by atoms with Crippen LogP contribution in [0.5, 0.6) is 0 Å². The van der Waals surface area contributed by atoms with Gasteiger partial charge < -0.3 is 10.3 Å². The highest BCUT2D eigenvalue weighted by molar-refractivity contribution is 5.96. The summed E-state index contributed by atoms with van der Waals surface area (Å²) < 4.78 is 0. The van der Waals surface area contributed by atoms with E-state index in [9.17, 15) is 9.59 Å². The van der Waals surface area contributed by atoms with Crippen LogP contribution in [0.1, 0.15) is 51.0 Å². The van der Waals surface area contributed by atoms with E-state index in [2.05, 4.69) is 10.3 Å². The van der Waals surface area contributed by atoms with Gasteiger partial charge in [0.25, 0.3) is 11.5 Å². The average molecular weight is 369 g/mol. The fraction of sp³-hybridized carbons (Fsp3) is 0.304. The number of rotatable bonds is 0. The number of fused-ring (bicyclic) bond motifs is 2. The summed E-state index contributed by atoms with van der Waals surface area (Å²) in [6.45, 7) is 8.77. The Morgan fingerprint density at radius 3 is 2.11 bits per heavy atom. The molecule has 0 bridgehead atoms. The van der Waals surface area contributed by atoms with Crippen molar-refractivity contribution in [2.24, 2.45) is 0 Å². The van der Waals surface area contributed by atoms with Crippen molar-refractivity contribution < 1.29 is 4.79 Å². The SMILES string of the molecule is C.CC.CC.O=C1NCCc2ccccc21.O=c1[nH]ccc2ccccc12. The number of carbonyl (C=O) groups is 1. The van der Waals surface area contributed by atoms with Crippen molar-refractivity contribution in [1.82, 2.24) is 10.3 Å². The van der Waals surface area contributed by atoms with Gasteiger partial charge in [0.15, 0.2) is 0 Å². The van der Waals surface area contributed by atoms with Crippen LogP contribution >= 0.6 is 0 Å². The Morgan fingerprint density at radius 2 is 1.44 bits per heavy atom. The molecule has 4 heteroatoms. The first kappa shape index (κ1) is 24.1. The topological polar surface area (TPSA) is 62.0 Å². The van der Waals surface area contributed by atoms with Crippen LogP contribution in [-0.4, -0.2) is 17.4 Å². The van der Waals surface area contributed by atoms with Crippen molar-refractivity contribution in [1.29, 1.82) is 0 Å². The molecule has 0 unspecified atom stereocenters. The molecule has 0 atom stereocenters. The summed E-state index contributed by atoms with van der Waals surface area (Å²) in [7, 11) is 0. The minimum absolute atomic E-state index is 0. The lowest BCUT2D eigenvalue weighted by atomic mass is 10.0. The molecule has 1 amide bonds. The highest BCUT2D eigenvalue weighted by atomic mass is 16.1. The lowest BCUT2D eigenvalue weighted by Crippen LogP contribution is -2.31. The normalized spacial score (nSPS) is 10.9. The predicted octanol–water partition coefficient (Wildman–Crippen LogP) is 5.19. The summed E-state index contributed by atoms with van der Waals surface area (Å²) in [6.07, 6.45) is 2.62. The van der Waals surface area contributed by atoms with Gasteiger partial charge in [-0.25, -0.2) is 0 Å². The molecule has 0 spiro atoms. The van der Waals surface area contributed by atoms with Gasteiger partial charge >= 0.3 is 0 Å². The van der Waals surface area contributed by atoms with Gasteiger partial charge in [-0.05, 0) is 35.6 Å². The van der Waals surface area contributed by atoms with E-state index in [4.69, 9.17) is 0 Å². The predicted molar refractivity (Wildman–Crippen MR) is 116 cm³/mol. The molecule has 0 fully saturated rings.